The number of nitrogens with zero attached hydrogens (tertiary/aromatic N) is 1. The molecule has 0 fully saturated rings. The van der Waals surface area contributed by atoms with Crippen LogP contribution in [-0.4, -0.2) is 16.1 Å². The van der Waals surface area contributed by atoms with E-state index >= 15 is 0 Å². The monoisotopic (exact) mass is 247 g/mol. The van der Waals surface area contributed by atoms with Crippen LogP contribution in [0.25, 0.3) is 0 Å². The van der Waals surface area contributed by atoms with E-state index in [-0.39, 0.29) is 12.4 Å². The molecule has 0 amide bonds. The van der Waals surface area contributed by atoms with Gasteiger partial charge in [0.2, 0.25) is 0 Å². The van der Waals surface area contributed by atoms with Gasteiger partial charge in [0.25, 0.3) is 0 Å². The van der Waals surface area contributed by atoms with Crippen molar-refractivity contribution in [2.75, 3.05) is 0 Å². The molecule has 1 heterocycles. The summed E-state index contributed by atoms with van der Waals surface area (Å²) in [6.07, 6.45) is 1.09. The van der Waals surface area contributed by atoms with Gasteiger partial charge < -0.3 is 9.84 Å². The second kappa shape index (κ2) is 5.27. The van der Waals surface area contributed by atoms with Crippen LogP contribution in [0, 0.1) is 5.82 Å². The summed E-state index contributed by atoms with van der Waals surface area (Å²) in [6.45, 7) is 0.0870. The molecule has 1 aromatic heterocycles. The number of carbonyl (C=O) groups is 1. The van der Waals surface area contributed by atoms with E-state index in [1.54, 1.807) is 12.1 Å². The highest BCUT2D eigenvalue weighted by molar-refractivity contribution is 5.88. The zero-order valence-electron chi connectivity index (χ0n) is 9.34. The largest absolute Gasteiger partial charge is 0.483 e. The van der Waals surface area contributed by atoms with E-state index in [4.69, 9.17) is 9.84 Å². The minimum Gasteiger partial charge on any atom is -0.483 e. The Kier molecular flexibility index (Phi) is 3.52. The number of carboxylic acid groups (broad SMARTS) is 1. The molecule has 0 bridgehead atoms. The van der Waals surface area contributed by atoms with E-state index in [2.05, 4.69) is 4.98 Å². The van der Waals surface area contributed by atoms with Crippen molar-refractivity contribution in [3.63, 3.8) is 0 Å². The molecule has 5 heteroatoms. The summed E-state index contributed by atoms with van der Waals surface area (Å²) < 4.78 is 18.7. The lowest BCUT2D eigenvalue weighted by Gasteiger charge is -2.09. The Bertz CT molecular complexity index is 557. The van der Waals surface area contributed by atoms with Gasteiger partial charge in [-0.2, -0.15) is 0 Å². The van der Waals surface area contributed by atoms with Gasteiger partial charge in [-0.3, -0.25) is 0 Å². The van der Waals surface area contributed by atoms with Crippen LogP contribution in [0.4, 0.5) is 4.39 Å². The molecule has 4 nitrogen and oxygen atoms in total. The highest BCUT2D eigenvalue weighted by Crippen LogP contribution is 2.21. The minimum atomic E-state index is -1.32. The lowest BCUT2D eigenvalue weighted by atomic mass is 10.2. The molecule has 0 atom stereocenters. The molecule has 18 heavy (non-hydrogen) atoms. The molecule has 92 valence electrons. The lowest BCUT2D eigenvalue weighted by molar-refractivity contribution is 0.0683. The fourth-order valence-electron chi connectivity index (χ4n) is 1.44. The molecule has 0 radical (unpaired) electrons. The first-order chi connectivity index (χ1) is 8.68. The van der Waals surface area contributed by atoms with Crippen LogP contribution in [0.15, 0.2) is 42.6 Å². The van der Waals surface area contributed by atoms with Gasteiger partial charge in [0, 0.05) is 6.20 Å². The molecule has 0 saturated heterocycles. The van der Waals surface area contributed by atoms with Gasteiger partial charge in [0.05, 0.1) is 0 Å². The van der Waals surface area contributed by atoms with Crippen molar-refractivity contribution < 1.29 is 19.0 Å². The second-order valence-electron chi connectivity index (χ2n) is 3.55. The lowest BCUT2D eigenvalue weighted by Crippen LogP contribution is -2.07. The third-order valence-electron chi connectivity index (χ3n) is 2.29. The minimum absolute atomic E-state index is 0.0870. The molecule has 0 spiro atoms. The molecule has 0 unspecified atom stereocenters. The van der Waals surface area contributed by atoms with Crippen LogP contribution in [0.5, 0.6) is 5.75 Å². The van der Waals surface area contributed by atoms with Gasteiger partial charge in [0.15, 0.2) is 17.3 Å². The van der Waals surface area contributed by atoms with Gasteiger partial charge in [-0.25, -0.2) is 14.2 Å². The maximum atomic E-state index is 13.5. The predicted octanol–water partition coefficient (Wildman–Crippen LogP) is 2.50. The quantitative estimate of drug-likeness (QED) is 0.901. The molecule has 2 rings (SSSR count). The summed E-state index contributed by atoms with van der Waals surface area (Å²) in [6, 6.07) is 10.1. The number of aromatic carboxylic acids is 1. The van der Waals surface area contributed by atoms with Crippen LogP contribution in [0.1, 0.15) is 16.1 Å². The summed E-state index contributed by atoms with van der Waals surface area (Å²) in [4.78, 5) is 14.5. The first kappa shape index (κ1) is 12.0. The Morgan fingerprint density at radius 2 is 2.00 bits per heavy atom. The van der Waals surface area contributed by atoms with Gasteiger partial charge in [0.1, 0.15) is 6.61 Å². The van der Waals surface area contributed by atoms with Crippen molar-refractivity contribution in [3.8, 4) is 5.75 Å². The molecule has 1 N–H and O–H groups in total. The Balaban J connectivity index is 2.21. The standard InChI is InChI=1S/C13H10FNO3/c14-10-6-7-15-11(13(16)17)12(10)18-8-9-4-2-1-3-5-9/h1-7H,8H2,(H,16,17). The zero-order valence-corrected chi connectivity index (χ0v) is 9.34. The number of aromatic nitrogens is 1. The maximum absolute atomic E-state index is 13.5. The van der Waals surface area contributed by atoms with Crippen molar-refractivity contribution in [1.82, 2.24) is 4.98 Å². The van der Waals surface area contributed by atoms with Crippen LogP contribution < -0.4 is 4.74 Å². The number of rotatable bonds is 4. The maximum Gasteiger partial charge on any atom is 0.358 e. The van der Waals surface area contributed by atoms with E-state index in [1.807, 2.05) is 18.2 Å². The summed E-state index contributed by atoms with van der Waals surface area (Å²) in [5.41, 5.74) is 0.392. The van der Waals surface area contributed by atoms with Gasteiger partial charge >= 0.3 is 5.97 Å². The van der Waals surface area contributed by atoms with E-state index in [9.17, 15) is 9.18 Å². The van der Waals surface area contributed by atoms with Crippen LogP contribution in [-0.2, 0) is 6.61 Å². The van der Waals surface area contributed by atoms with Crippen molar-refractivity contribution in [1.29, 1.82) is 0 Å². The Labute approximate surface area is 103 Å². The number of hydrogen-bond donors (Lipinski definition) is 1. The number of carboxylic acids is 1. The molecule has 0 aliphatic rings. The number of halogens is 1. The predicted molar refractivity (Wildman–Crippen MR) is 61.9 cm³/mol. The van der Waals surface area contributed by atoms with Crippen molar-refractivity contribution in [3.05, 3.63) is 59.7 Å². The molecular weight excluding hydrogens is 237 g/mol. The van der Waals surface area contributed by atoms with E-state index in [0.717, 1.165) is 17.8 Å². The average Bonchev–Trinajstić information content (AvgIpc) is 2.38. The van der Waals surface area contributed by atoms with Crippen molar-refractivity contribution in [2.24, 2.45) is 0 Å². The summed E-state index contributed by atoms with van der Waals surface area (Å²) in [5.74, 6) is -2.40. The molecule has 1 aromatic carbocycles. The molecule has 2 aromatic rings. The van der Waals surface area contributed by atoms with E-state index < -0.39 is 17.5 Å². The molecule has 0 saturated carbocycles. The third-order valence-corrected chi connectivity index (χ3v) is 2.29. The highest BCUT2D eigenvalue weighted by atomic mass is 19.1. The molecule has 0 aliphatic heterocycles. The average molecular weight is 247 g/mol. The molecule has 0 aliphatic carbocycles. The summed E-state index contributed by atoms with van der Waals surface area (Å²) in [7, 11) is 0. The normalized spacial score (nSPS) is 10.1. The smallest absolute Gasteiger partial charge is 0.358 e. The first-order valence-electron chi connectivity index (χ1n) is 5.23. The van der Waals surface area contributed by atoms with E-state index in [1.165, 1.54) is 0 Å². The topological polar surface area (TPSA) is 59.4 Å². The Hall–Kier alpha value is -2.43. The Morgan fingerprint density at radius 3 is 2.67 bits per heavy atom. The summed E-state index contributed by atoms with van der Waals surface area (Å²) >= 11 is 0. The van der Waals surface area contributed by atoms with E-state index in [0.29, 0.717) is 0 Å². The van der Waals surface area contributed by atoms with Crippen molar-refractivity contribution in [2.45, 2.75) is 6.61 Å². The van der Waals surface area contributed by atoms with Gasteiger partial charge in [-0.1, -0.05) is 30.3 Å². The number of hydrogen-bond acceptors (Lipinski definition) is 3. The van der Waals surface area contributed by atoms with Gasteiger partial charge in [-0.15, -0.1) is 0 Å². The number of ether oxygens (including phenoxy) is 1. The summed E-state index contributed by atoms with van der Waals surface area (Å²) in [5, 5.41) is 8.88. The SMILES string of the molecule is O=C(O)c1nccc(F)c1OCc1ccccc1. The van der Waals surface area contributed by atoms with Gasteiger partial charge in [-0.05, 0) is 11.6 Å². The first-order valence-corrected chi connectivity index (χ1v) is 5.23. The highest BCUT2D eigenvalue weighted by Gasteiger charge is 2.17. The Morgan fingerprint density at radius 1 is 1.28 bits per heavy atom. The third kappa shape index (κ3) is 2.63. The number of benzene rings is 1. The van der Waals surface area contributed by atoms with Crippen LogP contribution >= 0.6 is 0 Å². The van der Waals surface area contributed by atoms with Crippen LogP contribution in [0.3, 0.4) is 0 Å². The fraction of sp³-hybridized carbons (Fsp3) is 0.0769. The van der Waals surface area contributed by atoms with Crippen molar-refractivity contribution >= 4 is 5.97 Å². The molecular formula is C13H10FNO3. The fourth-order valence-corrected chi connectivity index (χ4v) is 1.44. The number of pyridine rings is 1. The zero-order chi connectivity index (χ0) is 13.0. The van der Waals surface area contributed by atoms with Crippen LogP contribution in [0.2, 0.25) is 0 Å². The second-order valence-corrected chi connectivity index (χ2v) is 3.55.